The van der Waals surface area contributed by atoms with Gasteiger partial charge in [-0.25, -0.2) is 13.2 Å². The summed E-state index contributed by atoms with van der Waals surface area (Å²) >= 11 is 0. The molecule has 0 aromatic rings. The fourth-order valence-electron chi connectivity index (χ4n) is 0.274. The average Bonchev–Trinajstić information content (AvgIpc) is 1.60. The van der Waals surface area contributed by atoms with Crippen molar-refractivity contribution >= 4 is 22.5 Å². The SMILES string of the molecule is Cl.O=S(=O)(O)CC(F)C(F)F. The van der Waals surface area contributed by atoms with Crippen LogP contribution in [0.25, 0.3) is 0 Å². The lowest BCUT2D eigenvalue weighted by molar-refractivity contribution is 0.0610. The van der Waals surface area contributed by atoms with E-state index in [9.17, 15) is 21.6 Å². The standard InChI is InChI=1S/C3H5F3O3S.ClH/c4-2(3(5)6)1-10(7,8)9;/h2-3H,1H2,(H,7,8,9);1H. The van der Waals surface area contributed by atoms with E-state index in [0.717, 1.165) is 0 Å². The Balaban J connectivity index is 0. The fraction of sp³-hybridized carbons (Fsp3) is 1.00. The van der Waals surface area contributed by atoms with Gasteiger partial charge in [0.25, 0.3) is 16.5 Å². The molecule has 0 bridgehead atoms. The van der Waals surface area contributed by atoms with Crippen molar-refractivity contribution in [1.29, 1.82) is 0 Å². The average molecular weight is 215 g/mol. The summed E-state index contributed by atoms with van der Waals surface area (Å²) in [6, 6.07) is 0. The Labute approximate surface area is 67.7 Å². The maximum atomic E-state index is 11.7. The van der Waals surface area contributed by atoms with Gasteiger partial charge in [-0.3, -0.25) is 4.55 Å². The second-order valence-corrected chi connectivity index (χ2v) is 3.10. The van der Waals surface area contributed by atoms with E-state index < -0.39 is 28.5 Å². The minimum Gasteiger partial charge on any atom is -0.285 e. The Morgan fingerprint density at radius 1 is 1.27 bits per heavy atom. The summed E-state index contributed by atoms with van der Waals surface area (Å²) in [5.41, 5.74) is 0. The summed E-state index contributed by atoms with van der Waals surface area (Å²) < 4.78 is 61.4. The Bertz CT molecular complexity index is 192. The second-order valence-electron chi connectivity index (χ2n) is 1.60. The van der Waals surface area contributed by atoms with E-state index in [2.05, 4.69) is 0 Å². The van der Waals surface area contributed by atoms with Crippen LogP contribution in [0, 0.1) is 0 Å². The fourth-order valence-corrected chi connectivity index (χ4v) is 0.822. The zero-order valence-corrected chi connectivity index (χ0v) is 6.71. The van der Waals surface area contributed by atoms with E-state index in [1.807, 2.05) is 0 Å². The molecule has 0 saturated heterocycles. The van der Waals surface area contributed by atoms with E-state index in [1.165, 1.54) is 0 Å². The molecule has 0 spiro atoms. The van der Waals surface area contributed by atoms with Crippen LogP contribution in [0.2, 0.25) is 0 Å². The first kappa shape index (κ1) is 13.6. The Morgan fingerprint density at radius 2 is 1.64 bits per heavy atom. The molecule has 3 nitrogen and oxygen atoms in total. The highest BCUT2D eigenvalue weighted by Crippen LogP contribution is 2.06. The lowest BCUT2D eigenvalue weighted by atomic mass is 10.5. The Morgan fingerprint density at radius 3 is 1.73 bits per heavy atom. The summed E-state index contributed by atoms with van der Waals surface area (Å²) in [4.78, 5) is 0. The van der Waals surface area contributed by atoms with Gasteiger partial charge in [-0.1, -0.05) is 0 Å². The minimum atomic E-state index is -4.62. The molecule has 0 radical (unpaired) electrons. The molecule has 70 valence electrons. The van der Waals surface area contributed by atoms with Crippen molar-refractivity contribution in [2.24, 2.45) is 0 Å². The monoisotopic (exact) mass is 214 g/mol. The van der Waals surface area contributed by atoms with E-state index in [1.54, 1.807) is 0 Å². The number of rotatable bonds is 3. The maximum absolute atomic E-state index is 11.7. The first-order valence-corrected chi connectivity index (χ1v) is 3.81. The minimum absolute atomic E-state index is 0. The van der Waals surface area contributed by atoms with Gasteiger partial charge in [0, 0.05) is 0 Å². The molecule has 1 unspecified atom stereocenters. The van der Waals surface area contributed by atoms with Crippen LogP contribution in [0.4, 0.5) is 13.2 Å². The molecule has 0 amide bonds. The lowest BCUT2D eigenvalue weighted by Gasteiger charge is -2.02. The number of hydrogen-bond donors (Lipinski definition) is 1. The first-order chi connectivity index (χ1) is 4.33. The predicted molar refractivity (Wildman–Crippen MR) is 34.6 cm³/mol. The van der Waals surface area contributed by atoms with E-state index >= 15 is 0 Å². The van der Waals surface area contributed by atoms with Gasteiger partial charge in [0.05, 0.1) is 0 Å². The van der Waals surface area contributed by atoms with Crippen LogP contribution >= 0.6 is 12.4 Å². The largest absolute Gasteiger partial charge is 0.285 e. The molecule has 0 fully saturated rings. The molecule has 1 atom stereocenters. The van der Waals surface area contributed by atoms with Gasteiger partial charge in [-0.15, -0.1) is 12.4 Å². The van der Waals surface area contributed by atoms with Crippen LogP contribution in [0.15, 0.2) is 0 Å². The highest BCUT2D eigenvalue weighted by Gasteiger charge is 2.24. The summed E-state index contributed by atoms with van der Waals surface area (Å²) in [7, 11) is -4.62. The van der Waals surface area contributed by atoms with Crippen LogP contribution in [0.5, 0.6) is 0 Å². The molecule has 0 heterocycles. The molecule has 11 heavy (non-hydrogen) atoms. The van der Waals surface area contributed by atoms with Gasteiger partial charge >= 0.3 is 0 Å². The highest BCUT2D eigenvalue weighted by atomic mass is 35.5. The van der Waals surface area contributed by atoms with Crippen molar-refractivity contribution in [3.05, 3.63) is 0 Å². The van der Waals surface area contributed by atoms with Crippen molar-refractivity contribution in [2.45, 2.75) is 12.6 Å². The third-order valence-corrected chi connectivity index (χ3v) is 1.38. The summed E-state index contributed by atoms with van der Waals surface area (Å²) in [6.07, 6.45) is -6.18. The molecule has 0 aliphatic heterocycles. The molecule has 0 aromatic carbocycles. The van der Waals surface area contributed by atoms with Crippen molar-refractivity contribution in [3.8, 4) is 0 Å². The second kappa shape index (κ2) is 4.78. The van der Waals surface area contributed by atoms with Gasteiger partial charge < -0.3 is 0 Å². The normalized spacial score (nSPS) is 14.3. The number of hydrogen-bond acceptors (Lipinski definition) is 2. The van der Waals surface area contributed by atoms with Crippen molar-refractivity contribution < 1.29 is 26.1 Å². The molecule has 0 saturated carbocycles. The van der Waals surface area contributed by atoms with Gasteiger partial charge in [0.2, 0.25) is 0 Å². The van der Waals surface area contributed by atoms with Crippen molar-refractivity contribution in [2.75, 3.05) is 5.75 Å². The highest BCUT2D eigenvalue weighted by molar-refractivity contribution is 7.85. The molecule has 0 aliphatic carbocycles. The van der Waals surface area contributed by atoms with Crippen LogP contribution in [-0.2, 0) is 10.1 Å². The van der Waals surface area contributed by atoms with E-state index in [-0.39, 0.29) is 12.4 Å². The first-order valence-electron chi connectivity index (χ1n) is 2.20. The summed E-state index contributed by atoms with van der Waals surface area (Å²) in [5, 5.41) is 0. The molecule has 0 rings (SSSR count). The van der Waals surface area contributed by atoms with Crippen LogP contribution in [-0.4, -0.2) is 31.3 Å². The molecule has 0 aliphatic rings. The summed E-state index contributed by atoms with van der Waals surface area (Å²) in [6.45, 7) is 0. The third kappa shape index (κ3) is 7.89. The smallest absolute Gasteiger partial charge is 0.270 e. The third-order valence-electron chi connectivity index (χ3n) is 0.643. The van der Waals surface area contributed by atoms with E-state index in [0.29, 0.717) is 0 Å². The topological polar surface area (TPSA) is 54.4 Å². The zero-order chi connectivity index (χ0) is 8.36. The molecular formula is C3H6ClF3O3S. The zero-order valence-electron chi connectivity index (χ0n) is 5.08. The van der Waals surface area contributed by atoms with Crippen molar-refractivity contribution in [3.63, 3.8) is 0 Å². The predicted octanol–water partition coefficient (Wildman–Crippen LogP) is 0.899. The lowest BCUT2D eigenvalue weighted by Crippen LogP contribution is -2.22. The van der Waals surface area contributed by atoms with Gasteiger partial charge in [-0.05, 0) is 0 Å². The van der Waals surface area contributed by atoms with Gasteiger partial charge in [0.15, 0.2) is 6.17 Å². The molecule has 0 aromatic heterocycles. The molecular weight excluding hydrogens is 209 g/mol. The van der Waals surface area contributed by atoms with Crippen LogP contribution < -0.4 is 0 Å². The van der Waals surface area contributed by atoms with Crippen LogP contribution in [0.3, 0.4) is 0 Å². The number of halogens is 4. The summed E-state index contributed by atoms with van der Waals surface area (Å²) in [5.74, 6) is -1.55. The maximum Gasteiger partial charge on any atom is 0.270 e. The van der Waals surface area contributed by atoms with Gasteiger partial charge in [-0.2, -0.15) is 8.42 Å². The van der Waals surface area contributed by atoms with Crippen LogP contribution in [0.1, 0.15) is 0 Å². The van der Waals surface area contributed by atoms with Crippen molar-refractivity contribution in [1.82, 2.24) is 0 Å². The Kier molecular flexibility index (Phi) is 5.90. The van der Waals surface area contributed by atoms with Gasteiger partial charge in [0.1, 0.15) is 5.75 Å². The molecule has 8 heteroatoms. The van der Waals surface area contributed by atoms with E-state index in [4.69, 9.17) is 4.55 Å². The molecule has 1 N–H and O–H groups in total. The quantitative estimate of drug-likeness (QED) is 0.711. The number of alkyl halides is 3. The Hall–Kier alpha value is -0.0100.